The topological polar surface area (TPSA) is 68.3 Å². The molecule has 2 rings (SSSR count). The molecule has 0 radical (unpaired) electrons. The van der Waals surface area contributed by atoms with Gasteiger partial charge in [0, 0.05) is 12.3 Å². The van der Waals surface area contributed by atoms with E-state index >= 15 is 0 Å². The Labute approximate surface area is 130 Å². The molecule has 0 bridgehead atoms. The van der Waals surface area contributed by atoms with Crippen molar-refractivity contribution in [2.75, 3.05) is 11.8 Å². The van der Waals surface area contributed by atoms with Crippen LogP contribution in [0, 0.1) is 0 Å². The number of nitrogens with one attached hydrogen (secondary N) is 1. The molecular weight excluding hydrogens is 368 g/mol. The summed E-state index contributed by atoms with van der Waals surface area (Å²) in [7, 11) is -2.30. The van der Waals surface area contributed by atoms with Gasteiger partial charge in [-0.3, -0.25) is 4.72 Å². The van der Waals surface area contributed by atoms with Crippen LogP contribution >= 0.6 is 27.5 Å². The highest BCUT2D eigenvalue weighted by Gasteiger charge is 2.18. The lowest BCUT2D eigenvalue weighted by atomic mass is 10.3. The molecule has 0 saturated heterocycles. The predicted octanol–water partition coefficient (Wildman–Crippen LogP) is 3.31. The summed E-state index contributed by atoms with van der Waals surface area (Å²) in [4.78, 5) is 3.67. The second-order valence-electron chi connectivity index (χ2n) is 3.75. The van der Waals surface area contributed by atoms with Gasteiger partial charge in [-0.1, -0.05) is 11.6 Å². The van der Waals surface area contributed by atoms with Crippen LogP contribution in [0.15, 0.2) is 45.9 Å². The van der Waals surface area contributed by atoms with Gasteiger partial charge in [-0.15, -0.1) is 0 Å². The number of hydrogen-bond acceptors (Lipinski definition) is 4. The van der Waals surface area contributed by atoms with E-state index in [1.165, 1.54) is 25.4 Å². The van der Waals surface area contributed by atoms with E-state index in [-0.39, 0.29) is 10.0 Å². The number of benzene rings is 1. The van der Waals surface area contributed by atoms with Crippen molar-refractivity contribution in [3.05, 3.63) is 46.2 Å². The highest BCUT2D eigenvalue weighted by Crippen LogP contribution is 2.29. The molecular formula is C12H10BrClN2O3S. The van der Waals surface area contributed by atoms with Crippen LogP contribution in [-0.4, -0.2) is 20.5 Å². The van der Waals surface area contributed by atoms with E-state index in [9.17, 15) is 8.42 Å². The lowest BCUT2D eigenvalue weighted by molar-refractivity contribution is 0.412. The molecule has 2 aromatic rings. The maximum absolute atomic E-state index is 12.2. The lowest BCUT2D eigenvalue weighted by Crippen LogP contribution is -2.13. The van der Waals surface area contributed by atoms with Gasteiger partial charge in [-0.05, 0) is 40.2 Å². The number of methoxy groups -OCH3 is 1. The van der Waals surface area contributed by atoms with Gasteiger partial charge >= 0.3 is 0 Å². The summed E-state index contributed by atoms with van der Waals surface area (Å²) in [6, 6.07) is 7.73. The number of sulfonamides is 1. The molecule has 1 N–H and O–H groups in total. The number of pyridine rings is 1. The van der Waals surface area contributed by atoms with Crippen molar-refractivity contribution >= 4 is 43.2 Å². The van der Waals surface area contributed by atoms with E-state index in [2.05, 4.69) is 25.6 Å². The van der Waals surface area contributed by atoms with Crippen molar-refractivity contribution in [2.24, 2.45) is 0 Å². The molecule has 1 aromatic carbocycles. The largest absolute Gasteiger partial charge is 0.495 e. The van der Waals surface area contributed by atoms with E-state index < -0.39 is 10.0 Å². The van der Waals surface area contributed by atoms with Gasteiger partial charge < -0.3 is 4.74 Å². The third kappa shape index (κ3) is 3.23. The van der Waals surface area contributed by atoms with Crippen molar-refractivity contribution in [2.45, 2.75) is 4.90 Å². The first-order valence-electron chi connectivity index (χ1n) is 5.41. The second kappa shape index (κ2) is 5.99. The van der Waals surface area contributed by atoms with E-state index in [4.69, 9.17) is 16.3 Å². The fourth-order valence-electron chi connectivity index (χ4n) is 1.51. The van der Waals surface area contributed by atoms with Crippen molar-refractivity contribution in [1.29, 1.82) is 0 Å². The van der Waals surface area contributed by atoms with Crippen molar-refractivity contribution in [3.63, 3.8) is 0 Å². The van der Waals surface area contributed by atoms with E-state index in [1.807, 2.05) is 0 Å². The zero-order valence-electron chi connectivity index (χ0n) is 10.3. The van der Waals surface area contributed by atoms with Crippen LogP contribution in [0.5, 0.6) is 5.75 Å². The standard InChI is InChI=1S/C12H10BrClN2O3S/c1-19-10-7-8(4-5-9(10)13)16-20(17,18)11-3-2-6-15-12(11)14/h2-7,16H,1H3. The molecule has 8 heteroatoms. The van der Waals surface area contributed by atoms with Crippen molar-refractivity contribution in [1.82, 2.24) is 4.98 Å². The average molecular weight is 378 g/mol. The van der Waals surface area contributed by atoms with Gasteiger partial charge in [0.2, 0.25) is 0 Å². The Morgan fingerprint density at radius 1 is 1.35 bits per heavy atom. The quantitative estimate of drug-likeness (QED) is 0.830. The fraction of sp³-hybridized carbons (Fsp3) is 0.0833. The summed E-state index contributed by atoms with van der Waals surface area (Å²) >= 11 is 9.09. The Hall–Kier alpha value is -1.31. The molecule has 5 nitrogen and oxygen atoms in total. The molecule has 0 saturated carbocycles. The van der Waals surface area contributed by atoms with Gasteiger partial charge in [-0.25, -0.2) is 13.4 Å². The molecule has 0 spiro atoms. The average Bonchev–Trinajstić information content (AvgIpc) is 2.41. The first kappa shape index (κ1) is 15.1. The van der Waals surface area contributed by atoms with Gasteiger partial charge in [0.25, 0.3) is 10.0 Å². The first-order valence-corrected chi connectivity index (χ1v) is 8.06. The smallest absolute Gasteiger partial charge is 0.264 e. The fourth-order valence-corrected chi connectivity index (χ4v) is 3.42. The number of nitrogens with zero attached hydrogens (tertiary/aromatic N) is 1. The number of hydrogen-bond donors (Lipinski definition) is 1. The molecule has 0 aliphatic rings. The Bertz CT molecular complexity index is 737. The zero-order valence-corrected chi connectivity index (χ0v) is 13.5. The van der Waals surface area contributed by atoms with Gasteiger partial charge in [0.1, 0.15) is 15.8 Å². The lowest BCUT2D eigenvalue weighted by Gasteiger charge is -2.10. The number of ether oxygens (including phenoxy) is 1. The summed E-state index contributed by atoms with van der Waals surface area (Å²) in [5.74, 6) is 0.516. The molecule has 106 valence electrons. The minimum absolute atomic E-state index is 0.0796. The highest BCUT2D eigenvalue weighted by molar-refractivity contribution is 9.10. The number of rotatable bonds is 4. The summed E-state index contributed by atoms with van der Waals surface area (Å²) in [5, 5.41) is -0.0796. The number of aromatic nitrogens is 1. The molecule has 0 fully saturated rings. The zero-order chi connectivity index (χ0) is 14.8. The number of anilines is 1. The van der Waals surface area contributed by atoms with Gasteiger partial charge in [0.15, 0.2) is 0 Å². The minimum Gasteiger partial charge on any atom is -0.495 e. The molecule has 0 aliphatic heterocycles. The monoisotopic (exact) mass is 376 g/mol. The number of halogens is 2. The normalized spacial score (nSPS) is 11.2. The molecule has 0 amide bonds. The summed E-state index contributed by atoms with van der Waals surface area (Å²) in [5.41, 5.74) is 0.366. The summed E-state index contributed by atoms with van der Waals surface area (Å²) in [6.07, 6.45) is 1.42. The van der Waals surface area contributed by atoms with Crippen LogP contribution in [0.25, 0.3) is 0 Å². The van der Waals surface area contributed by atoms with Gasteiger partial charge in [-0.2, -0.15) is 0 Å². The minimum atomic E-state index is -3.80. The Kier molecular flexibility index (Phi) is 4.52. The van der Waals surface area contributed by atoms with Crippen molar-refractivity contribution < 1.29 is 13.2 Å². The van der Waals surface area contributed by atoms with Crippen LogP contribution < -0.4 is 9.46 Å². The second-order valence-corrected chi connectivity index (χ2v) is 6.61. The van der Waals surface area contributed by atoms with E-state index in [0.717, 1.165) is 4.47 Å². The van der Waals surface area contributed by atoms with E-state index in [1.54, 1.807) is 18.2 Å². The molecule has 0 atom stereocenters. The summed E-state index contributed by atoms with van der Waals surface area (Å²) < 4.78 is 32.7. The van der Waals surface area contributed by atoms with Crippen LogP contribution in [0.3, 0.4) is 0 Å². The maximum atomic E-state index is 12.2. The SMILES string of the molecule is COc1cc(NS(=O)(=O)c2cccnc2Cl)ccc1Br. The maximum Gasteiger partial charge on any atom is 0.264 e. The van der Waals surface area contributed by atoms with Crippen LogP contribution in [-0.2, 0) is 10.0 Å². The van der Waals surface area contributed by atoms with Crippen LogP contribution in [0.4, 0.5) is 5.69 Å². The Morgan fingerprint density at radius 2 is 2.10 bits per heavy atom. The Morgan fingerprint density at radius 3 is 2.75 bits per heavy atom. The molecule has 1 aromatic heterocycles. The van der Waals surface area contributed by atoms with Crippen LogP contribution in [0.2, 0.25) is 5.15 Å². The molecule has 0 aliphatic carbocycles. The highest BCUT2D eigenvalue weighted by atomic mass is 79.9. The third-order valence-corrected chi connectivity index (χ3v) is 4.90. The summed E-state index contributed by atoms with van der Waals surface area (Å²) in [6.45, 7) is 0. The Balaban J connectivity index is 2.36. The molecule has 20 heavy (non-hydrogen) atoms. The molecule has 0 unspecified atom stereocenters. The predicted molar refractivity (Wildman–Crippen MR) is 80.7 cm³/mol. The first-order chi connectivity index (χ1) is 9.44. The van der Waals surface area contributed by atoms with Gasteiger partial charge in [0.05, 0.1) is 17.3 Å². The van der Waals surface area contributed by atoms with E-state index in [0.29, 0.717) is 11.4 Å². The van der Waals surface area contributed by atoms with Crippen LogP contribution in [0.1, 0.15) is 0 Å². The van der Waals surface area contributed by atoms with Crippen molar-refractivity contribution in [3.8, 4) is 5.75 Å². The third-order valence-electron chi connectivity index (χ3n) is 2.42. The molecule has 1 heterocycles.